The molecule has 1 fully saturated rings. The Bertz CT molecular complexity index is 689. The van der Waals surface area contributed by atoms with Gasteiger partial charge in [0.25, 0.3) is 11.1 Å². The van der Waals surface area contributed by atoms with Crippen molar-refractivity contribution in [3.63, 3.8) is 0 Å². The number of likely N-dealkylation sites (tertiary alicyclic amines) is 1. The number of hydrogen-bond acceptors (Lipinski definition) is 6. The molecule has 0 amide bonds. The minimum atomic E-state index is 0.590. The first-order valence-electron chi connectivity index (χ1n) is 7.88. The Hall–Kier alpha value is -1.25. The van der Waals surface area contributed by atoms with E-state index in [0.717, 1.165) is 34.0 Å². The molecular weight excluding hydrogens is 394 g/mol. The summed E-state index contributed by atoms with van der Waals surface area (Å²) in [7, 11) is 3.31. The van der Waals surface area contributed by atoms with Gasteiger partial charge in [-0.2, -0.15) is 0 Å². The first-order chi connectivity index (χ1) is 11.7. The smallest absolute Gasteiger partial charge is 0.277 e. The van der Waals surface area contributed by atoms with Crippen LogP contribution in [0.2, 0.25) is 0 Å². The van der Waals surface area contributed by atoms with Gasteiger partial charge in [-0.05, 0) is 28.1 Å². The second-order valence-corrected chi connectivity index (χ2v) is 7.46. The van der Waals surface area contributed by atoms with Gasteiger partial charge in [0, 0.05) is 24.2 Å². The van der Waals surface area contributed by atoms with Gasteiger partial charge in [0.15, 0.2) is 6.54 Å². The standard InChI is InChI=1S/C16H20BrN3O3S/c1-21-13-8-12(17)14(22-2)7-11(13)10-24-16-19-18-15(23-16)9-20-5-3-4-6-20/h7-8H,3-6,9-10H2,1-2H3/p+1. The van der Waals surface area contributed by atoms with Crippen LogP contribution in [0.5, 0.6) is 11.5 Å². The molecule has 1 aromatic carbocycles. The van der Waals surface area contributed by atoms with Crippen molar-refractivity contribution in [1.82, 2.24) is 10.2 Å². The van der Waals surface area contributed by atoms with Crippen LogP contribution in [-0.4, -0.2) is 37.5 Å². The van der Waals surface area contributed by atoms with Crippen molar-refractivity contribution in [2.45, 2.75) is 30.4 Å². The molecule has 1 saturated heterocycles. The van der Waals surface area contributed by atoms with Crippen molar-refractivity contribution in [2.24, 2.45) is 0 Å². The van der Waals surface area contributed by atoms with Crippen LogP contribution < -0.4 is 14.4 Å². The van der Waals surface area contributed by atoms with Crippen molar-refractivity contribution in [3.8, 4) is 11.5 Å². The maximum absolute atomic E-state index is 5.76. The minimum absolute atomic E-state index is 0.590. The van der Waals surface area contributed by atoms with Gasteiger partial charge < -0.3 is 18.8 Å². The lowest BCUT2D eigenvalue weighted by atomic mass is 10.2. The van der Waals surface area contributed by atoms with E-state index in [-0.39, 0.29) is 0 Å². The maximum atomic E-state index is 5.76. The molecule has 1 N–H and O–H groups in total. The Morgan fingerprint density at radius 3 is 2.62 bits per heavy atom. The molecule has 1 aliphatic rings. The fourth-order valence-corrected chi connectivity index (χ4v) is 4.05. The molecule has 24 heavy (non-hydrogen) atoms. The van der Waals surface area contributed by atoms with Crippen LogP contribution in [-0.2, 0) is 12.3 Å². The van der Waals surface area contributed by atoms with Gasteiger partial charge in [0.1, 0.15) is 11.5 Å². The third-order valence-electron chi connectivity index (χ3n) is 4.07. The molecule has 6 nitrogen and oxygen atoms in total. The van der Waals surface area contributed by atoms with E-state index >= 15 is 0 Å². The van der Waals surface area contributed by atoms with Gasteiger partial charge in [-0.15, -0.1) is 10.2 Å². The highest BCUT2D eigenvalue weighted by Gasteiger charge is 2.19. The van der Waals surface area contributed by atoms with E-state index in [0.29, 0.717) is 11.0 Å². The predicted octanol–water partition coefficient (Wildman–Crippen LogP) is 2.32. The van der Waals surface area contributed by atoms with Gasteiger partial charge in [-0.1, -0.05) is 11.8 Å². The average Bonchev–Trinajstić information content (AvgIpc) is 3.25. The summed E-state index contributed by atoms with van der Waals surface area (Å²) in [6.45, 7) is 3.21. The summed E-state index contributed by atoms with van der Waals surface area (Å²) in [5.74, 6) is 2.96. The third kappa shape index (κ3) is 4.23. The van der Waals surface area contributed by atoms with Crippen LogP contribution in [0.15, 0.2) is 26.2 Å². The van der Waals surface area contributed by atoms with Crippen molar-refractivity contribution < 1.29 is 18.8 Å². The highest BCUT2D eigenvalue weighted by atomic mass is 79.9. The number of quaternary nitrogens is 1. The molecule has 0 saturated carbocycles. The highest BCUT2D eigenvalue weighted by Crippen LogP contribution is 2.35. The molecule has 0 radical (unpaired) electrons. The first kappa shape index (κ1) is 17.6. The Morgan fingerprint density at radius 2 is 1.92 bits per heavy atom. The monoisotopic (exact) mass is 414 g/mol. The number of nitrogens with zero attached hydrogens (tertiary/aromatic N) is 2. The molecule has 8 heteroatoms. The summed E-state index contributed by atoms with van der Waals surface area (Å²) < 4.78 is 17.4. The average molecular weight is 415 g/mol. The van der Waals surface area contributed by atoms with E-state index in [9.17, 15) is 0 Å². The van der Waals surface area contributed by atoms with Gasteiger partial charge in [-0.25, -0.2) is 0 Å². The summed E-state index contributed by atoms with van der Waals surface area (Å²) in [5.41, 5.74) is 1.02. The largest absolute Gasteiger partial charge is 0.496 e. The Kier molecular flexibility index (Phi) is 6.02. The van der Waals surface area contributed by atoms with E-state index < -0.39 is 0 Å². The topological polar surface area (TPSA) is 61.8 Å². The lowest BCUT2D eigenvalue weighted by Crippen LogP contribution is -3.08. The molecular formula is C16H21BrN3O3S+. The number of methoxy groups -OCH3 is 2. The molecule has 0 bridgehead atoms. The van der Waals surface area contributed by atoms with E-state index in [1.54, 1.807) is 14.2 Å². The summed E-state index contributed by atoms with van der Waals surface area (Å²) in [6.07, 6.45) is 2.58. The maximum Gasteiger partial charge on any atom is 0.277 e. The zero-order valence-corrected chi connectivity index (χ0v) is 16.2. The van der Waals surface area contributed by atoms with Crippen LogP contribution >= 0.6 is 27.7 Å². The number of benzene rings is 1. The first-order valence-corrected chi connectivity index (χ1v) is 9.66. The Balaban J connectivity index is 1.64. The van der Waals surface area contributed by atoms with Crippen molar-refractivity contribution in [1.29, 1.82) is 0 Å². The Morgan fingerprint density at radius 1 is 1.17 bits per heavy atom. The zero-order valence-electron chi connectivity index (χ0n) is 13.8. The molecule has 1 aliphatic heterocycles. The number of aromatic nitrogens is 2. The van der Waals surface area contributed by atoms with Crippen molar-refractivity contribution in [3.05, 3.63) is 28.1 Å². The van der Waals surface area contributed by atoms with E-state index in [1.807, 2.05) is 12.1 Å². The summed E-state index contributed by atoms with van der Waals surface area (Å²) in [4.78, 5) is 1.52. The van der Waals surface area contributed by atoms with Crippen LogP contribution in [0, 0.1) is 0 Å². The van der Waals surface area contributed by atoms with Crippen LogP contribution in [0.25, 0.3) is 0 Å². The summed E-state index contributed by atoms with van der Waals surface area (Å²) in [6, 6.07) is 3.87. The summed E-state index contributed by atoms with van der Waals surface area (Å²) in [5, 5.41) is 8.89. The van der Waals surface area contributed by atoms with E-state index in [4.69, 9.17) is 13.9 Å². The molecule has 0 unspecified atom stereocenters. The number of ether oxygens (including phenoxy) is 2. The highest BCUT2D eigenvalue weighted by molar-refractivity contribution is 9.10. The molecule has 1 aromatic heterocycles. The minimum Gasteiger partial charge on any atom is -0.496 e. The molecule has 2 aromatic rings. The van der Waals surface area contributed by atoms with E-state index in [1.165, 1.54) is 42.6 Å². The molecule has 0 atom stereocenters. The molecule has 2 heterocycles. The molecule has 130 valence electrons. The van der Waals surface area contributed by atoms with Crippen molar-refractivity contribution in [2.75, 3.05) is 27.3 Å². The number of hydrogen-bond donors (Lipinski definition) is 1. The molecule has 0 spiro atoms. The van der Waals surface area contributed by atoms with Gasteiger partial charge in [0.2, 0.25) is 0 Å². The van der Waals surface area contributed by atoms with E-state index in [2.05, 4.69) is 26.1 Å². The zero-order chi connectivity index (χ0) is 16.9. The second kappa shape index (κ2) is 8.22. The van der Waals surface area contributed by atoms with Crippen LogP contribution in [0.3, 0.4) is 0 Å². The fourth-order valence-electron chi connectivity index (χ4n) is 2.81. The lowest BCUT2D eigenvalue weighted by Gasteiger charge is -2.11. The Labute approximate surface area is 154 Å². The lowest BCUT2D eigenvalue weighted by molar-refractivity contribution is -0.902. The molecule has 3 rings (SSSR count). The quantitative estimate of drug-likeness (QED) is 0.701. The number of rotatable bonds is 7. The number of halogens is 1. The SMILES string of the molecule is COc1cc(CSc2nnc(C[NH+]3CCCC3)o2)c(OC)cc1Br. The van der Waals surface area contributed by atoms with Gasteiger partial charge in [-0.3, -0.25) is 0 Å². The third-order valence-corrected chi connectivity index (χ3v) is 5.55. The molecule has 0 aliphatic carbocycles. The normalized spacial score (nSPS) is 15.0. The van der Waals surface area contributed by atoms with Crippen LogP contribution in [0.1, 0.15) is 24.3 Å². The van der Waals surface area contributed by atoms with Crippen molar-refractivity contribution >= 4 is 27.7 Å². The number of nitrogens with one attached hydrogen (secondary N) is 1. The van der Waals surface area contributed by atoms with Crippen LogP contribution in [0.4, 0.5) is 0 Å². The second-order valence-electron chi connectivity index (χ2n) is 5.68. The fraction of sp³-hybridized carbons (Fsp3) is 0.500. The van der Waals surface area contributed by atoms with Gasteiger partial charge >= 0.3 is 0 Å². The summed E-state index contributed by atoms with van der Waals surface area (Å²) >= 11 is 4.97. The number of thioether (sulfide) groups is 1. The predicted molar refractivity (Wildman–Crippen MR) is 94.7 cm³/mol. The van der Waals surface area contributed by atoms with Gasteiger partial charge in [0.05, 0.1) is 31.8 Å².